The molecule has 1 aromatic heterocycles. The summed E-state index contributed by atoms with van der Waals surface area (Å²) in [5.41, 5.74) is 12.2. The monoisotopic (exact) mass is 667 g/mol. The molecule has 1 aliphatic heterocycles. The van der Waals surface area contributed by atoms with Crippen LogP contribution in [0.2, 0.25) is 0 Å². The highest BCUT2D eigenvalue weighted by Gasteiger charge is 2.27. The second kappa shape index (κ2) is 12.4. The lowest BCUT2D eigenvalue weighted by Gasteiger charge is -2.34. The van der Waals surface area contributed by atoms with Crippen LogP contribution in [0.3, 0.4) is 0 Å². The molecule has 0 atom stereocenters. The lowest BCUT2D eigenvalue weighted by molar-refractivity contribution is 0.477. The predicted octanol–water partition coefficient (Wildman–Crippen LogP) is 13.5. The molecule has 0 radical (unpaired) electrons. The van der Waals surface area contributed by atoms with Gasteiger partial charge in [0.15, 0.2) is 11.5 Å². The second-order valence-electron chi connectivity index (χ2n) is 13.0. The summed E-state index contributed by atoms with van der Waals surface area (Å²) in [7, 11) is 0. The Kier molecular flexibility index (Phi) is 7.10. The Labute approximate surface area is 302 Å². The number of fused-ring (bicyclic) bond motifs is 5. The fourth-order valence-corrected chi connectivity index (χ4v) is 7.57. The van der Waals surface area contributed by atoms with Gasteiger partial charge in [0.05, 0.1) is 22.4 Å². The van der Waals surface area contributed by atoms with Gasteiger partial charge in [0.1, 0.15) is 0 Å². The van der Waals surface area contributed by atoms with Crippen molar-refractivity contribution >= 4 is 55.9 Å². The minimum Gasteiger partial charge on any atom is -0.453 e. The molecule has 4 nitrogen and oxygen atoms in total. The third-order valence-electron chi connectivity index (χ3n) is 9.94. The van der Waals surface area contributed by atoms with Gasteiger partial charge in [-0.3, -0.25) is 0 Å². The maximum atomic E-state index is 6.62. The predicted molar refractivity (Wildman–Crippen MR) is 216 cm³/mol. The molecule has 0 fully saturated rings. The fraction of sp³-hybridized carbons (Fsp3) is 0. The Hall–Kier alpha value is -7.04. The van der Waals surface area contributed by atoms with E-state index in [4.69, 9.17) is 4.74 Å². The van der Waals surface area contributed by atoms with Gasteiger partial charge in [-0.25, -0.2) is 0 Å². The maximum Gasteiger partial charge on any atom is 0.153 e. The van der Waals surface area contributed by atoms with E-state index in [-0.39, 0.29) is 0 Å². The summed E-state index contributed by atoms with van der Waals surface area (Å²) in [5, 5.41) is 2.49. The number of hydrogen-bond acceptors (Lipinski definition) is 3. The highest BCUT2D eigenvalue weighted by molar-refractivity contribution is 6.10. The molecule has 1 aliphatic rings. The van der Waals surface area contributed by atoms with Crippen LogP contribution in [0.4, 0.5) is 34.1 Å². The Morgan fingerprint density at radius 2 is 0.962 bits per heavy atom. The largest absolute Gasteiger partial charge is 0.453 e. The molecule has 0 N–H and O–H groups in total. The summed E-state index contributed by atoms with van der Waals surface area (Å²) in [6.45, 7) is 0. The number of benzene rings is 8. The second-order valence-corrected chi connectivity index (χ2v) is 13.0. The van der Waals surface area contributed by atoms with E-state index in [1.54, 1.807) is 0 Å². The summed E-state index contributed by atoms with van der Waals surface area (Å²) in [4.78, 5) is 4.56. The van der Waals surface area contributed by atoms with E-state index < -0.39 is 0 Å². The van der Waals surface area contributed by atoms with Crippen molar-refractivity contribution < 1.29 is 4.74 Å². The first-order valence-electron chi connectivity index (χ1n) is 17.6. The van der Waals surface area contributed by atoms with Crippen molar-refractivity contribution in [2.45, 2.75) is 0 Å². The van der Waals surface area contributed by atoms with E-state index >= 15 is 0 Å². The SMILES string of the molecule is c1ccc(N(c2ccccc2)c2ccc3c(c2)Oc2ccccc2N3c2ccc(-c3ccc4c(c3)c3ccccc3n4-c3ccccc3)cc2)cc1. The third-order valence-corrected chi connectivity index (χ3v) is 9.94. The molecule has 0 aliphatic carbocycles. The van der Waals surface area contributed by atoms with Gasteiger partial charge in [0.2, 0.25) is 0 Å². The van der Waals surface area contributed by atoms with Crippen LogP contribution in [0.5, 0.6) is 11.5 Å². The van der Waals surface area contributed by atoms with Gasteiger partial charge in [-0.15, -0.1) is 0 Å². The van der Waals surface area contributed by atoms with Crippen LogP contribution in [0.1, 0.15) is 0 Å². The van der Waals surface area contributed by atoms with E-state index in [0.717, 1.165) is 51.3 Å². The molecule has 0 saturated heterocycles. The van der Waals surface area contributed by atoms with Crippen LogP contribution in [0, 0.1) is 0 Å². The Morgan fingerprint density at radius 3 is 1.71 bits per heavy atom. The van der Waals surface area contributed by atoms with Gasteiger partial charge >= 0.3 is 0 Å². The van der Waals surface area contributed by atoms with Crippen LogP contribution in [0.25, 0.3) is 38.6 Å². The van der Waals surface area contributed by atoms with Gasteiger partial charge in [0, 0.05) is 45.3 Å². The minimum atomic E-state index is 0.803. The number of nitrogens with zero attached hydrogens (tertiary/aromatic N) is 3. The fourth-order valence-electron chi connectivity index (χ4n) is 7.57. The van der Waals surface area contributed by atoms with Crippen molar-refractivity contribution in [2.24, 2.45) is 0 Å². The van der Waals surface area contributed by atoms with Crippen molar-refractivity contribution in [1.29, 1.82) is 0 Å². The Bertz CT molecular complexity index is 2660. The van der Waals surface area contributed by atoms with Crippen LogP contribution < -0.4 is 14.5 Å². The molecule has 10 rings (SSSR count). The van der Waals surface area contributed by atoms with Crippen molar-refractivity contribution in [1.82, 2.24) is 4.57 Å². The van der Waals surface area contributed by atoms with Crippen molar-refractivity contribution in [2.75, 3.05) is 9.80 Å². The first-order chi connectivity index (χ1) is 25.8. The molecule has 52 heavy (non-hydrogen) atoms. The molecule has 9 aromatic rings. The van der Waals surface area contributed by atoms with Gasteiger partial charge in [-0.1, -0.05) is 103 Å². The van der Waals surface area contributed by atoms with E-state index in [2.05, 4.69) is 190 Å². The summed E-state index contributed by atoms with van der Waals surface area (Å²) in [6.07, 6.45) is 0. The van der Waals surface area contributed by atoms with Crippen LogP contribution in [-0.2, 0) is 0 Å². The molecule has 0 bridgehead atoms. The topological polar surface area (TPSA) is 20.6 Å². The van der Waals surface area contributed by atoms with Gasteiger partial charge < -0.3 is 19.1 Å². The van der Waals surface area contributed by atoms with Crippen LogP contribution >= 0.6 is 0 Å². The van der Waals surface area contributed by atoms with E-state index in [1.807, 2.05) is 24.3 Å². The summed E-state index contributed by atoms with van der Waals surface area (Å²) in [5.74, 6) is 1.62. The van der Waals surface area contributed by atoms with E-state index in [9.17, 15) is 0 Å². The number of rotatable bonds is 6. The van der Waals surface area contributed by atoms with Gasteiger partial charge in [0.25, 0.3) is 0 Å². The van der Waals surface area contributed by atoms with Crippen molar-refractivity contribution in [3.8, 4) is 28.3 Å². The summed E-state index contributed by atoms with van der Waals surface area (Å²) < 4.78 is 8.98. The standard InChI is InChI=1S/C48H33N3O/c1-4-14-36(15-5-1)49(37-16-6-2-7-17-37)40-29-31-46-48(33-40)52-47-23-13-12-22-45(47)51(46)39-27-24-34(25-28-39)35-26-30-44-42(32-35)41-20-10-11-21-43(41)50(44)38-18-8-3-9-19-38/h1-33H. The first kappa shape index (κ1) is 29.8. The van der Waals surface area contributed by atoms with E-state index in [0.29, 0.717) is 0 Å². The summed E-state index contributed by atoms with van der Waals surface area (Å²) >= 11 is 0. The molecule has 8 aromatic carbocycles. The highest BCUT2D eigenvalue weighted by Crippen LogP contribution is 2.52. The highest BCUT2D eigenvalue weighted by atomic mass is 16.5. The molecule has 0 spiro atoms. The average Bonchev–Trinajstić information content (AvgIpc) is 3.55. The lowest BCUT2D eigenvalue weighted by Crippen LogP contribution is -2.16. The zero-order chi connectivity index (χ0) is 34.4. The molecule has 0 saturated carbocycles. The Balaban J connectivity index is 1.04. The smallest absolute Gasteiger partial charge is 0.153 e. The third kappa shape index (κ3) is 5.00. The zero-order valence-electron chi connectivity index (χ0n) is 28.3. The minimum absolute atomic E-state index is 0.803. The van der Waals surface area contributed by atoms with Gasteiger partial charge in [-0.2, -0.15) is 0 Å². The number of hydrogen-bond donors (Lipinski definition) is 0. The van der Waals surface area contributed by atoms with Crippen LogP contribution in [-0.4, -0.2) is 4.57 Å². The van der Waals surface area contributed by atoms with Gasteiger partial charge in [-0.05, 0) is 102 Å². The molecule has 246 valence electrons. The number of aromatic nitrogens is 1. The average molecular weight is 668 g/mol. The lowest BCUT2D eigenvalue weighted by atomic mass is 10.0. The van der Waals surface area contributed by atoms with Crippen molar-refractivity contribution in [3.05, 3.63) is 200 Å². The quantitative estimate of drug-likeness (QED) is 0.176. The van der Waals surface area contributed by atoms with Crippen LogP contribution in [0.15, 0.2) is 200 Å². The normalized spacial score (nSPS) is 12.0. The molecular weight excluding hydrogens is 635 g/mol. The molecule has 4 heteroatoms. The number of para-hydroxylation sites is 6. The zero-order valence-corrected chi connectivity index (χ0v) is 28.3. The van der Waals surface area contributed by atoms with Crippen molar-refractivity contribution in [3.63, 3.8) is 0 Å². The van der Waals surface area contributed by atoms with E-state index in [1.165, 1.54) is 32.9 Å². The first-order valence-corrected chi connectivity index (χ1v) is 17.6. The Morgan fingerprint density at radius 1 is 0.365 bits per heavy atom. The molecule has 0 unspecified atom stereocenters. The maximum absolute atomic E-state index is 6.62. The molecule has 2 heterocycles. The summed E-state index contributed by atoms with van der Waals surface area (Å²) in [6, 6.07) is 70.7. The number of anilines is 6. The molecular formula is C48H33N3O. The number of ether oxygens (including phenoxy) is 1. The molecule has 0 amide bonds.